The van der Waals surface area contributed by atoms with Gasteiger partial charge < -0.3 is 4.74 Å². The van der Waals surface area contributed by atoms with Crippen LogP contribution < -0.4 is 4.72 Å². The molecule has 116 valence electrons. The first-order valence-corrected chi connectivity index (χ1v) is 8.83. The number of carbonyl (C=O) groups is 1. The summed E-state index contributed by atoms with van der Waals surface area (Å²) < 4.78 is 33.8. The van der Waals surface area contributed by atoms with Crippen molar-refractivity contribution in [2.45, 2.75) is 58.0 Å². The molecular weight excluding hydrogens is 280 g/mol. The maximum Gasteiger partial charge on any atom is 0.324 e. The van der Waals surface area contributed by atoms with Crippen molar-refractivity contribution < 1.29 is 17.9 Å². The van der Waals surface area contributed by atoms with Gasteiger partial charge in [0, 0.05) is 12.6 Å². The Morgan fingerprint density at radius 2 is 2.10 bits per heavy atom. The van der Waals surface area contributed by atoms with E-state index in [0.29, 0.717) is 25.3 Å². The van der Waals surface area contributed by atoms with E-state index in [1.54, 1.807) is 6.92 Å². The highest BCUT2D eigenvalue weighted by Crippen LogP contribution is 2.27. The first kappa shape index (κ1) is 15.7. The van der Waals surface area contributed by atoms with Crippen LogP contribution in [0.3, 0.4) is 0 Å². The van der Waals surface area contributed by atoms with E-state index in [-0.39, 0.29) is 12.6 Å². The zero-order chi connectivity index (χ0) is 14.8. The van der Waals surface area contributed by atoms with Crippen molar-refractivity contribution >= 4 is 16.2 Å². The van der Waals surface area contributed by atoms with Gasteiger partial charge in [0.15, 0.2) is 0 Å². The largest absolute Gasteiger partial charge is 0.465 e. The van der Waals surface area contributed by atoms with Gasteiger partial charge in [-0.2, -0.15) is 17.4 Å². The van der Waals surface area contributed by atoms with Crippen molar-refractivity contribution in [3.8, 4) is 0 Å². The Bertz CT molecular complexity index is 451. The van der Waals surface area contributed by atoms with E-state index in [1.165, 1.54) is 4.31 Å². The Balaban J connectivity index is 2.02. The topological polar surface area (TPSA) is 75.7 Å². The van der Waals surface area contributed by atoms with Crippen LogP contribution in [0.5, 0.6) is 0 Å². The second-order valence-electron chi connectivity index (χ2n) is 5.76. The van der Waals surface area contributed by atoms with E-state index < -0.39 is 22.2 Å². The van der Waals surface area contributed by atoms with Gasteiger partial charge in [0.05, 0.1) is 6.61 Å². The molecule has 2 aliphatic rings. The van der Waals surface area contributed by atoms with Crippen LogP contribution in [-0.2, 0) is 19.7 Å². The van der Waals surface area contributed by atoms with E-state index in [0.717, 1.165) is 19.3 Å². The number of hydrogen-bond donors (Lipinski definition) is 1. The lowest BCUT2D eigenvalue weighted by atomic mass is 10.1. The number of nitrogens with zero attached hydrogens (tertiary/aromatic N) is 1. The van der Waals surface area contributed by atoms with Crippen LogP contribution in [0.15, 0.2) is 0 Å². The molecule has 0 bridgehead atoms. The van der Waals surface area contributed by atoms with Crippen LogP contribution in [0.1, 0.15) is 46.0 Å². The molecule has 1 aliphatic carbocycles. The summed E-state index contributed by atoms with van der Waals surface area (Å²) in [5, 5.41) is 0. The zero-order valence-corrected chi connectivity index (χ0v) is 13.0. The maximum atomic E-state index is 12.4. The fraction of sp³-hybridized carbons (Fsp3) is 0.923. The molecule has 0 spiro atoms. The third kappa shape index (κ3) is 3.51. The van der Waals surface area contributed by atoms with Gasteiger partial charge in [-0.1, -0.05) is 6.92 Å². The Kier molecular flexibility index (Phi) is 5.04. The maximum absolute atomic E-state index is 12.4. The number of nitrogens with one attached hydrogen (secondary N) is 1. The summed E-state index contributed by atoms with van der Waals surface area (Å²) in [6.07, 6.45) is 4.04. The highest BCUT2D eigenvalue weighted by atomic mass is 32.2. The molecule has 0 radical (unpaired) electrons. The summed E-state index contributed by atoms with van der Waals surface area (Å²) in [4.78, 5) is 11.8. The van der Waals surface area contributed by atoms with Gasteiger partial charge in [-0.25, -0.2) is 0 Å². The summed E-state index contributed by atoms with van der Waals surface area (Å²) >= 11 is 0. The van der Waals surface area contributed by atoms with E-state index in [1.807, 2.05) is 0 Å². The van der Waals surface area contributed by atoms with Gasteiger partial charge in [0.25, 0.3) is 10.2 Å². The molecule has 0 amide bonds. The third-order valence-corrected chi connectivity index (χ3v) is 5.77. The van der Waals surface area contributed by atoms with E-state index >= 15 is 0 Å². The van der Waals surface area contributed by atoms with Crippen molar-refractivity contribution in [3.63, 3.8) is 0 Å². The standard InChI is InChI=1S/C13H24N2O4S/c1-3-19-13(16)12-5-4-8-15(12)20(17,18)14-11-7-6-10(2)9-11/h10-12,14H,3-9H2,1-2H3. The monoisotopic (exact) mass is 304 g/mol. The van der Waals surface area contributed by atoms with Crippen molar-refractivity contribution in [1.29, 1.82) is 0 Å². The lowest BCUT2D eigenvalue weighted by Crippen LogP contribution is -2.49. The summed E-state index contributed by atoms with van der Waals surface area (Å²) in [5.74, 6) is 0.122. The highest BCUT2D eigenvalue weighted by molar-refractivity contribution is 7.87. The fourth-order valence-corrected chi connectivity index (χ4v) is 4.76. The second kappa shape index (κ2) is 6.41. The molecule has 1 aliphatic heterocycles. The number of ether oxygens (including phenoxy) is 1. The molecule has 0 aromatic carbocycles. The second-order valence-corrected chi connectivity index (χ2v) is 7.41. The molecule has 2 rings (SSSR count). The molecule has 0 aromatic heterocycles. The lowest BCUT2D eigenvalue weighted by Gasteiger charge is -2.24. The minimum absolute atomic E-state index is 0.00144. The molecule has 7 heteroatoms. The molecule has 2 fully saturated rings. The molecule has 6 nitrogen and oxygen atoms in total. The Hall–Kier alpha value is -0.660. The summed E-state index contributed by atoms with van der Waals surface area (Å²) in [7, 11) is -3.60. The normalized spacial score (nSPS) is 31.6. The molecule has 1 saturated heterocycles. The summed E-state index contributed by atoms with van der Waals surface area (Å²) in [6, 6.07) is -0.662. The first-order chi connectivity index (χ1) is 9.44. The zero-order valence-electron chi connectivity index (χ0n) is 12.2. The third-order valence-electron chi connectivity index (χ3n) is 4.08. The molecule has 20 heavy (non-hydrogen) atoms. The van der Waals surface area contributed by atoms with Gasteiger partial charge in [0.1, 0.15) is 6.04 Å². The van der Waals surface area contributed by atoms with Crippen molar-refractivity contribution in [2.24, 2.45) is 5.92 Å². The predicted molar refractivity (Wildman–Crippen MR) is 75.2 cm³/mol. The summed E-state index contributed by atoms with van der Waals surface area (Å²) in [5.41, 5.74) is 0. The first-order valence-electron chi connectivity index (χ1n) is 7.39. The lowest BCUT2D eigenvalue weighted by molar-refractivity contribution is -0.146. The van der Waals surface area contributed by atoms with E-state index in [2.05, 4.69) is 11.6 Å². The molecule has 3 atom stereocenters. The molecule has 1 N–H and O–H groups in total. The Morgan fingerprint density at radius 3 is 2.70 bits per heavy atom. The van der Waals surface area contributed by atoms with E-state index in [9.17, 15) is 13.2 Å². The minimum Gasteiger partial charge on any atom is -0.465 e. The molecule has 3 unspecified atom stereocenters. The molecular formula is C13H24N2O4S. The van der Waals surface area contributed by atoms with Crippen LogP contribution in [0.25, 0.3) is 0 Å². The smallest absolute Gasteiger partial charge is 0.324 e. The molecule has 0 aromatic rings. The highest BCUT2D eigenvalue weighted by Gasteiger charge is 2.40. The van der Waals surface area contributed by atoms with Crippen molar-refractivity contribution in [3.05, 3.63) is 0 Å². The van der Waals surface area contributed by atoms with Crippen LogP contribution in [0.4, 0.5) is 0 Å². The van der Waals surface area contributed by atoms with Crippen LogP contribution in [0, 0.1) is 5.92 Å². The Morgan fingerprint density at radius 1 is 1.35 bits per heavy atom. The number of carbonyl (C=O) groups excluding carboxylic acids is 1. The van der Waals surface area contributed by atoms with Crippen LogP contribution in [0.2, 0.25) is 0 Å². The van der Waals surface area contributed by atoms with Crippen LogP contribution >= 0.6 is 0 Å². The van der Waals surface area contributed by atoms with Crippen molar-refractivity contribution in [2.75, 3.05) is 13.2 Å². The average molecular weight is 304 g/mol. The van der Waals surface area contributed by atoms with Gasteiger partial charge in [0.2, 0.25) is 0 Å². The number of esters is 1. The molecule has 1 heterocycles. The van der Waals surface area contributed by atoms with Gasteiger partial charge >= 0.3 is 5.97 Å². The number of rotatable bonds is 5. The average Bonchev–Trinajstić information content (AvgIpc) is 2.98. The summed E-state index contributed by atoms with van der Waals surface area (Å²) in [6.45, 7) is 4.52. The predicted octanol–water partition coefficient (Wildman–Crippen LogP) is 1.04. The quantitative estimate of drug-likeness (QED) is 0.770. The Labute approximate surface area is 121 Å². The SMILES string of the molecule is CCOC(=O)C1CCCN1S(=O)(=O)NC1CCC(C)C1. The van der Waals surface area contributed by atoms with Crippen molar-refractivity contribution in [1.82, 2.24) is 9.03 Å². The van der Waals surface area contributed by atoms with Gasteiger partial charge in [-0.3, -0.25) is 4.79 Å². The van der Waals surface area contributed by atoms with E-state index in [4.69, 9.17) is 4.74 Å². The van der Waals surface area contributed by atoms with Crippen LogP contribution in [-0.4, -0.2) is 43.9 Å². The molecule has 1 saturated carbocycles. The van der Waals surface area contributed by atoms with Gasteiger partial charge in [-0.15, -0.1) is 0 Å². The minimum atomic E-state index is -3.60. The number of hydrogen-bond acceptors (Lipinski definition) is 4. The fourth-order valence-electron chi connectivity index (χ4n) is 3.09. The van der Waals surface area contributed by atoms with Gasteiger partial charge in [-0.05, 0) is 44.9 Å².